The van der Waals surface area contributed by atoms with Crippen LogP contribution in [0, 0.1) is 0 Å². The molecule has 0 spiro atoms. The van der Waals surface area contributed by atoms with Crippen molar-refractivity contribution in [1.29, 1.82) is 0 Å². The molecule has 0 atom stereocenters. The van der Waals surface area contributed by atoms with Gasteiger partial charge in [0.05, 0.1) is 13.2 Å². The molecular formula is C20H38O4. The van der Waals surface area contributed by atoms with Gasteiger partial charge >= 0.3 is 11.9 Å². The molecule has 0 aliphatic heterocycles. The van der Waals surface area contributed by atoms with Crippen molar-refractivity contribution >= 4 is 11.9 Å². The molecule has 24 heavy (non-hydrogen) atoms. The third-order valence-electron chi connectivity index (χ3n) is 4.12. The number of ether oxygens (including phenoxy) is 2. The number of hydrogen-bond acceptors (Lipinski definition) is 4. The number of esters is 2. The summed E-state index contributed by atoms with van der Waals surface area (Å²) in [6.07, 6.45) is 15.6. The van der Waals surface area contributed by atoms with E-state index in [0.29, 0.717) is 26.1 Å². The Morgan fingerprint density at radius 2 is 0.750 bits per heavy atom. The van der Waals surface area contributed by atoms with Crippen molar-refractivity contribution in [2.75, 3.05) is 13.2 Å². The third-order valence-corrected chi connectivity index (χ3v) is 4.12. The molecule has 142 valence electrons. The minimum atomic E-state index is -0.0558. The SMILES string of the molecule is CCOC(=O)CCCCCCCCCCCCCCC(=O)OCC. The van der Waals surface area contributed by atoms with Gasteiger partial charge in [-0.2, -0.15) is 0 Å². The summed E-state index contributed by atoms with van der Waals surface area (Å²) in [5.41, 5.74) is 0. The van der Waals surface area contributed by atoms with Crippen molar-refractivity contribution in [3.05, 3.63) is 0 Å². The fourth-order valence-corrected chi connectivity index (χ4v) is 2.77. The molecule has 0 aliphatic rings. The Kier molecular flexibility index (Phi) is 17.5. The predicted molar refractivity (Wildman–Crippen MR) is 97.9 cm³/mol. The smallest absolute Gasteiger partial charge is 0.305 e. The molecule has 0 N–H and O–H groups in total. The maximum atomic E-state index is 11.2. The van der Waals surface area contributed by atoms with Crippen LogP contribution in [-0.2, 0) is 19.1 Å². The molecule has 0 saturated heterocycles. The summed E-state index contributed by atoms with van der Waals surface area (Å²) in [5.74, 6) is -0.112. The largest absolute Gasteiger partial charge is 0.466 e. The van der Waals surface area contributed by atoms with Gasteiger partial charge in [-0.15, -0.1) is 0 Å². The number of carbonyl (C=O) groups is 2. The molecule has 0 fully saturated rings. The zero-order valence-corrected chi connectivity index (χ0v) is 15.9. The molecular weight excluding hydrogens is 304 g/mol. The summed E-state index contributed by atoms with van der Waals surface area (Å²) in [5, 5.41) is 0. The maximum Gasteiger partial charge on any atom is 0.305 e. The van der Waals surface area contributed by atoms with Gasteiger partial charge in [0.15, 0.2) is 0 Å². The van der Waals surface area contributed by atoms with Crippen LogP contribution in [0.2, 0.25) is 0 Å². The zero-order valence-electron chi connectivity index (χ0n) is 15.9. The number of carbonyl (C=O) groups excluding carboxylic acids is 2. The van der Waals surface area contributed by atoms with Crippen LogP contribution in [0.15, 0.2) is 0 Å². The maximum absolute atomic E-state index is 11.2. The minimum Gasteiger partial charge on any atom is -0.466 e. The van der Waals surface area contributed by atoms with Gasteiger partial charge in [0.25, 0.3) is 0 Å². The Hall–Kier alpha value is -1.06. The standard InChI is InChI=1S/C20H38O4/c1-3-23-19(21)17-15-13-11-9-7-5-6-8-10-12-14-16-18-20(22)24-4-2/h3-18H2,1-2H3. The highest BCUT2D eigenvalue weighted by Gasteiger charge is 2.01. The van der Waals surface area contributed by atoms with Gasteiger partial charge < -0.3 is 9.47 Å². The Morgan fingerprint density at radius 1 is 0.500 bits per heavy atom. The number of rotatable bonds is 17. The van der Waals surface area contributed by atoms with E-state index < -0.39 is 0 Å². The van der Waals surface area contributed by atoms with Crippen molar-refractivity contribution < 1.29 is 19.1 Å². The lowest BCUT2D eigenvalue weighted by Gasteiger charge is -2.04. The number of unbranched alkanes of at least 4 members (excludes halogenated alkanes) is 11. The van der Waals surface area contributed by atoms with Crippen LogP contribution < -0.4 is 0 Å². The second-order valence-corrected chi connectivity index (χ2v) is 6.35. The zero-order chi connectivity index (χ0) is 17.9. The van der Waals surface area contributed by atoms with Crippen molar-refractivity contribution in [2.24, 2.45) is 0 Å². The molecule has 0 aromatic heterocycles. The fraction of sp³-hybridized carbons (Fsp3) is 0.900. The Labute approximate surface area is 148 Å². The monoisotopic (exact) mass is 342 g/mol. The van der Waals surface area contributed by atoms with E-state index in [2.05, 4.69) is 0 Å². The molecule has 0 rings (SSSR count). The first-order valence-electron chi connectivity index (χ1n) is 10.0. The van der Waals surface area contributed by atoms with E-state index in [-0.39, 0.29) is 11.9 Å². The van der Waals surface area contributed by atoms with Crippen LogP contribution in [-0.4, -0.2) is 25.2 Å². The van der Waals surface area contributed by atoms with E-state index in [0.717, 1.165) is 25.7 Å². The van der Waals surface area contributed by atoms with E-state index in [1.165, 1.54) is 51.4 Å². The van der Waals surface area contributed by atoms with Crippen molar-refractivity contribution in [2.45, 2.75) is 104 Å². The normalized spacial score (nSPS) is 10.6. The van der Waals surface area contributed by atoms with Gasteiger partial charge in [-0.05, 0) is 26.7 Å². The highest BCUT2D eigenvalue weighted by molar-refractivity contribution is 5.69. The lowest BCUT2D eigenvalue weighted by atomic mass is 10.0. The highest BCUT2D eigenvalue weighted by atomic mass is 16.5. The molecule has 0 aliphatic carbocycles. The Morgan fingerprint density at radius 3 is 1.00 bits per heavy atom. The molecule has 0 radical (unpaired) electrons. The van der Waals surface area contributed by atoms with Crippen molar-refractivity contribution in [3.63, 3.8) is 0 Å². The summed E-state index contributed by atoms with van der Waals surface area (Å²) in [6, 6.07) is 0. The molecule has 4 heteroatoms. The van der Waals surface area contributed by atoms with Crippen LogP contribution >= 0.6 is 0 Å². The topological polar surface area (TPSA) is 52.6 Å². The van der Waals surface area contributed by atoms with E-state index in [9.17, 15) is 9.59 Å². The van der Waals surface area contributed by atoms with E-state index in [1.54, 1.807) is 0 Å². The third kappa shape index (κ3) is 17.3. The molecule has 0 aromatic rings. The second kappa shape index (κ2) is 18.3. The van der Waals surface area contributed by atoms with Gasteiger partial charge in [0.2, 0.25) is 0 Å². The van der Waals surface area contributed by atoms with Gasteiger partial charge in [-0.1, -0.05) is 64.2 Å². The van der Waals surface area contributed by atoms with Gasteiger partial charge in [-0.25, -0.2) is 0 Å². The first-order chi connectivity index (χ1) is 11.7. The molecule has 0 unspecified atom stereocenters. The van der Waals surface area contributed by atoms with E-state index in [4.69, 9.17) is 9.47 Å². The lowest BCUT2D eigenvalue weighted by Crippen LogP contribution is -2.03. The molecule has 0 amide bonds. The molecule has 0 heterocycles. The second-order valence-electron chi connectivity index (χ2n) is 6.35. The first-order valence-corrected chi connectivity index (χ1v) is 10.0. The molecule has 0 bridgehead atoms. The van der Waals surface area contributed by atoms with Crippen molar-refractivity contribution in [1.82, 2.24) is 0 Å². The summed E-state index contributed by atoms with van der Waals surface area (Å²) >= 11 is 0. The van der Waals surface area contributed by atoms with Gasteiger partial charge in [0.1, 0.15) is 0 Å². The molecule has 0 aromatic carbocycles. The lowest BCUT2D eigenvalue weighted by molar-refractivity contribution is -0.144. The summed E-state index contributed by atoms with van der Waals surface area (Å²) in [4.78, 5) is 22.3. The van der Waals surface area contributed by atoms with E-state index in [1.807, 2.05) is 13.8 Å². The molecule has 0 saturated carbocycles. The number of hydrogen-bond donors (Lipinski definition) is 0. The van der Waals surface area contributed by atoms with Gasteiger partial charge in [0, 0.05) is 12.8 Å². The van der Waals surface area contributed by atoms with Crippen LogP contribution in [0.4, 0.5) is 0 Å². The van der Waals surface area contributed by atoms with Crippen LogP contribution in [0.5, 0.6) is 0 Å². The van der Waals surface area contributed by atoms with Crippen LogP contribution in [0.1, 0.15) is 104 Å². The van der Waals surface area contributed by atoms with E-state index >= 15 is 0 Å². The Balaban J connectivity index is 3.10. The Bertz CT molecular complexity index is 272. The minimum absolute atomic E-state index is 0.0558. The van der Waals surface area contributed by atoms with Crippen molar-refractivity contribution in [3.8, 4) is 0 Å². The molecule has 4 nitrogen and oxygen atoms in total. The summed E-state index contributed by atoms with van der Waals surface area (Å²) in [7, 11) is 0. The van der Waals surface area contributed by atoms with Gasteiger partial charge in [-0.3, -0.25) is 9.59 Å². The first kappa shape index (κ1) is 22.9. The quantitative estimate of drug-likeness (QED) is 0.256. The highest BCUT2D eigenvalue weighted by Crippen LogP contribution is 2.13. The average Bonchev–Trinajstić information content (AvgIpc) is 2.55. The summed E-state index contributed by atoms with van der Waals surface area (Å²) < 4.78 is 9.82. The van der Waals surface area contributed by atoms with Crippen LogP contribution in [0.25, 0.3) is 0 Å². The van der Waals surface area contributed by atoms with Crippen LogP contribution in [0.3, 0.4) is 0 Å². The predicted octanol–water partition coefficient (Wildman–Crippen LogP) is 5.57. The summed E-state index contributed by atoms with van der Waals surface area (Å²) in [6.45, 7) is 4.68. The fourth-order valence-electron chi connectivity index (χ4n) is 2.77. The average molecular weight is 343 g/mol.